The molecule has 4 fully saturated rings. The van der Waals surface area contributed by atoms with Gasteiger partial charge in [0.05, 0.1) is 52.5 Å². The van der Waals surface area contributed by atoms with Crippen molar-refractivity contribution in [1.29, 1.82) is 0 Å². The zero-order valence-electron chi connectivity index (χ0n) is 24.8. The van der Waals surface area contributed by atoms with E-state index in [1.807, 2.05) is 19.6 Å². The first-order valence-electron chi connectivity index (χ1n) is 14.4. The number of carbonyl (C=O) groups is 4. The topological polar surface area (TPSA) is 170 Å². The zero-order chi connectivity index (χ0) is 31.1. The van der Waals surface area contributed by atoms with E-state index in [-0.39, 0.29) is 35.3 Å². The molecule has 2 aromatic heterocycles. The van der Waals surface area contributed by atoms with Crippen molar-refractivity contribution in [2.45, 2.75) is 0 Å². The third kappa shape index (κ3) is 7.19. The van der Waals surface area contributed by atoms with Crippen molar-refractivity contribution in [2.24, 2.45) is 11.8 Å². The molecular weight excluding hydrogens is 576 g/mol. The van der Waals surface area contributed by atoms with Gasteiger partial charge in [0.15, 0.2) is 0 Å². The number of aromatic nitrogens is 4. The maximum Gasteiger partial charge on any atom is 0.376 e. The average molecular weight is 613 g/mol. The Morgan fingerprint density at radius 2 is 1.00 bits per heavy atom. The Labute approximate surface area is 254 Å². The summed E-state index contributed by atoms with van der Waals surface area (Å²) in [6.45, 7) is 7.43. The predicted molar refractivity (Wildman–Crippen MR) is 153 cm³/mol. The van der Waals surface area contributed by atoms with E-state index >= 15 is 0 Å². The van der Waals surface area contributed by atoms with Crippen LogP contribution in [-0.2, 0) is 28.5 Å². The van der Waals surface area contributed by atoms with Crippen molar-refractivity contribution in [2.75, 3.05) is 103 Å². The van der Waals surface area contributed by atoms with Crippen molar-refractivity contribution in [1.82, 2.24) is 29.7 Å². The van der Waals surface area contributed by atoms with E-state index < -0.39 is 11.9 Å². The summed E-state index contributed by atoms with van der Waals surface area (Å²) in [6.07, 6.45) is 3.08. The second kappa shape index (κ2) is 14.4. The van der Waals surface area contributed by atoms with E-state index in [9.17, 15) is 19.2 Å². The molecule has 0 saturated carbocycles. The van der Waals surface area contributed by atoms with E-state index in [1.165, 1.54) is 26.6 Å². The predicted octanol–water partition coefficient (Wildman–Crippen LogP) is -0.884. The number of hydrogen-bond acceptors (Lipinski definition) is 14. The number of piperazine rings is 2. The number of ether oxygens (including phenoxy) is 4. The van der Waals surface area contributed by atoms with Crippen LogP contribution in [0.3, 0.4) is 0 Å². The molecule has 2 amide bonds. The summed E-state index contributed by atoms with van der Waals surface area (Å²) in [5.41, 5.74) is 0. The zero-order valence-corrected chi connectivity index (χ0v) is 24.8. The van der Waals surface area contributed by atoms with Crippen LogP contribution in [0.15, 0.2) is 24.5 Å². The van der Waals surface area contributed by atoms with Gasteiger partial charge >= 0.3 is 11.9 Å². The molecule has 2 aromatic rings. The summed E-state index contributed by atoms with van der Waals surface area (Å²) in [5.74, 6) is 0.723. The number of esters is 2. The van der Waals surface area contributed by atoms with Crippen LogP contribution >= 0.6 is 0 Å². The Balaban J connectivity index is 0.000000175. The second-order valence-corrected chi connectivity index (χ2v) is 10.6. The highest BCUT2D eigenvalue weighted by atomic mass is 16.5. The summed E-state index contributed by atoms with van der Waals surface area (Å²) in [4.78, 5) is 71.3. The van der Waals surface area contributed by atoms with Gasteiger partial charge in [-0.3, -0.25) is 9.59 Å². The summed E-state index contributed by atoms with van der Waals surface area (Å²) < 4.78 is 19.4. The Morgan fingerprint density at radius 1 is 0.636 bits per heavy atom. The fourth-order valence-electron chi connectivity index (χ4n) is 5.01. The molecule has 0 atom stereocenters. The van der Waals surface area contributed by atoms with Gasteiger partial charge in [0, 0.05) is 64.8 Å². The van der Waals surface area contributed by atoms with Crippen LogP contribution in [0.5, 0.6) is 0 Å². The molecule has 16 heteroatoms. The lowest BCUT2D eigenvalue weighted by atomic mass is 10.1. The van der Waals surface area contributed by atoms with Crippen LogP contribution in [0.25, 0.3) is 0 Å². The molecule has 236 valence electrons. The first kappa shape index (κ1) is 31.0. The molecule has 6 heterocycles. The molecule has 16 nitrogen and oxygen atoms in total. The van der Waals surface area contributed by atoms with E-state index in [2.05, 4.69) is 29.4 Å². The Hall–Kier alpha value is -4.44. The number of nitrogens with zero attached hydrogens (tertiary/aromatic N) is 8. The third-order valence-corrected chi connectivity index (χ3v) is 7.82. The SMILES string of the molecule is COC(=O)c1nccc(N2CCN(C(=O)C3COC3)CC2)n1.COC(=O)c1nccc(N2CCN(C(=O)C3COC3)CC2)n1. The Bertz CT molecular complexity index is 1240. The van der Waals surface area contributed by atoms with Gasteiger partial charge in [0.25, 0.3) is 0 Å². The highest BCUT2D eigenvalue weighted by Gasteiger charge is 2.33. The summed E-state index contributed by atoms with van der Waals surface area (Å²) in [7, 11) is 2.60. The van der Waals surface area contributed by atoms with E-state index in [0.717, 1.165) is 0 Å². The maximum absolute atomic E-state index is 12.1. The molecule has 0 bridgehead atoms. The number of anilines is 2. The summed E-state index contributed by atoms with van der Waals surface area (Å²) in [6, 6.07) is 3.51. The average Bonchev–Trinajstić information content (AvgIpc) is 3.03. The van der Waals surface area contributed by atoms with Crippen molar-refractivity contribution < 1.29 is 38.1 Å². The van der Waals surface area contributed by atoms with Crippen LogP contribution in [-0.4, -0.2) is 146 Å². The van der Waals surface area contributed by atoms with Crippen molar-refractivity contribution in [3.05, 3.63) is 36.2 Å². The normalized spacial score (nSPS) is 18.8. The molecule has 0 aliphatic carbocycles. The summed E-state index contributed by atoms with van der Waals surface area (Å²) in [5, 5.41) is 0. The fraction of sp³-hybridized carbons (Fsp3) is 0.571. The van der Waals surface area contributed by atoms with Gasteiger partial charge in [-0.05, 0) is 12.1 Å². The van der Waals surface area contributed by atoms with Gasteiger partial charge in [-0.15, -0.1) is 0 Å². The lowest BCUT2D eigenvalue weighted by Gasteiger charge is -2.38. The van der Waals surface area contributed by atoms with Crippen LogP contribution in [0.1, 0.15) is 21.2 Å². The van der Waals surface area contributed by atoms with Crippen LogP contribution in [0.4, 0.5) is 11.6 Å². The molecule has 0 radical (unpaired) electrons. The van der Waals surface area contributed by atoms with Crippen LogP contribution < -0.4 is 9.80 Å². The quantitative estimate of drug-likeness (QED) is 0.368. The molecule has 0 spiro atoms. The highest BCUT2D eigenvalue weighted by molar-refractivity contribution is 5.86. The third-order valence-electron chi connectivity index (χ3n) is 7.82. The van der Waals surface area contributed by atoms with E-state index in [0.29, 0.717) is 90.4 Å². The van der Waals surface area contributed by atoms with Gasteiger partial charge in [-0.2, -0.15) is 0 Å². The van der Waals surface area contributed by atoms with Crippen LogP contribution in [0, 0.1) is 11.8 Å². The second-order valence-electron chi connectivity index (χ2n) is 10.6. The smallest absolute Gasteiger partial charge is 0.376 e. The number of hydrogen-bond donors (Lipinski definition) is 0. The van der Waals surface area contributed by atoms with Crippen molar-refractivity contribution >= 4 is 35.4 Å². The standard InChI is InChI=1S/2C14H18N4O4/c2*1-21-14(20)12-15-3-2-11(16-12)17-4-6-18(7-5-17)13(19)10-8-22-9-10/h2*2-3,10H,4-9H2,1H3. The van der Waals surface area contributed by atoms with Crippen LogP contribution in [0.2, 0.25) is 0 Å². The van der Waals surface area contributed by atoms with E-state index in [1.54, 1.807) is 12.1 Å². The first-order chi connectivity index (χ1) is 21.4. The van der Waals surface area contributed by atoms with E-state index in [4.69, 9.17) is 9.47 Å². The number of amides is 2. The Kier molecular flexibility index (Phi) is 10.1. The fourth-order valence-corrected chi connectivity index (χ4v) is 5.01. The largest absolute Gasteiger partial charge is 0.463 e. The minimum Gasteiger partial charge on any atom is -0.463 e. The highest BCUT2D eigenvalue weighted by Crippen LogP contribution is 2.19. The molecule has 4 saturated heterocycles. The lowest BCUT2D eigenvalue weighted by Crippen LogP contribution is -2.53. The molecule has 4 aliphatic heterocycles. The minimum atomic E-state index is -0.555. The van der Waals surface area contributed by atoms with Gasteiger partial charge < -0.3 is 38.5 Å². The Morgan fingerprint density at radius 3 is 1.30 bits per heavy atom. The molecule has 44 heavy (non-hydrogen) atoms. The summed E-state index contributed by atoms with van der Waals surface area (Å²) >= 11 is 0. The van der Waals surface area contributed by atoms with Crippen molar-refractivity contribution in [3.63, 3.8) is 0 Å². The molecule has 4 aliphatic rings. The van der Waals surface area contributed by atoms with Gasteiger partial charge in [0.1, 0.15) is 11.6 Å². The maximum atomic E-state index is 12.1. The molecular formula is C28H36N8O8. The molecule has 6 rings (SSSR count). The number of methoxy groups -OCH3 is 2. The monoisotopic (exact) mass is 612 g/mol. The lowest BCUT2D eigenvalue weighted by molar-refractivity contribution is -0.150. The van der Waals surface area contributed by atoms with Gasteiger partial charge in [-0.1, -0.05) is 0 Å². The minimum absolute atomic E-state index is 0.0246. The van der Waals surface area contributed by atoms with Gasteiger partial charge in [0.2, 0.25) is 23.5 Å². The molecule has 0 N–H and O–H groups in total. The molecule has 0 aromatic carbocycles. The first-order valence-corrected chi connectivity index (χ1v) is 14.4. The molecule has 0 unspecified atom stereocenters. The van der Waals surface area contributed by atoms with Crippen molar-refractivity contribution in [3.8, 4) is 0 Å². The number of carbonyl (C=O) groups excluding carboxylic acids is 4. The number of rotatable bonds is 6. The van der Waals surface area contributed by atoms with Gasteiger partial charge in [-0.25, -0.2) is 29.5 Å².